The number of alkyl halides is 3. The molecule has 0 aliphatic carbocycles. The highest BCUT2D eigenvalue weighted by Crippen LogP contribution is 2.32. The largest absolute Gasteiger partial charge is 0.416 e. The maximum absolute atomic E-state index is 12.6. The number of benzene rings is 1. The van der Waals surface area contributed by atoms with E-state index in [1.807, 2.05) is 6.92 Å². The van der Waals surface area contributed by atoms with Crippen molar-refractivity contribution in [2.75, 3.05) is 6.61 Å². The van der Waals surface area contributed by atoms with Crippen LogP contribution < -0.4 is 0 Å². The molecule has 2 atom stereocenters. The molecule has 0 spiro atoms. The van der Waals surface area contributed by atoms with E-state index in [1.165, 1.54) is 13.0 Å². The van der Waals surface area contributed by atoms with E-state index in [0.717, 1.165) is 12.1 Å². The second kappa shape index (κ2) is 4.96. The molecule has 1 aromatic carbocycles. The van der Waals surface area contributed by atoms with Crippen molar-refractivity contribution in [3.8, 4) is 0 Å². The monoisotopic (exact) mass is 272 g/mol. The summed E-state index contributed by atoms with van der Waals surface area (Å²) in [6.45, 7) is 3.87. The molecule has 0 N–H and O–H groups in total. The lowest BCUT2D eigenvalue weighted by Crippen LogP contribution is -2.22. The Balaban J connectivity index is 2.29. The smallest absolute Gasteiger partial charge is 0.378 e. The van der Waals surface area contributed by atoms with Crippen molar-refractivity contribution < 1.29 is 22.7 Å². The first-order valence-corrected chi connectivity index (χ1v) is 6.14. The predicted octanol–water partition coefficient (Wildman–Crippen LogP) is 3.62. The average Bonchev–Trinajstić information content (AvgIpc) is 2.73. The van der Waals surface area contributed by atoms with Crippen molar-refractivity contribution in [1.29, 1.82) is 0 Å². The van der Waals surface area contributed by atoms with Crippen molar-refractivity contribution in [1.82, 2.24) is 0 Å². The van der Waals surface area contributed by atoms with E-state index in [1.54, 1.807) is 0 Å². The van der Waals surface area contributed by atoms with E-state index in [9.17, 15) is 18.0 Å². The molecule has 1 saturated heterocycles. The Hall–Kier alpha value is -1.36. The molecule has 0 bridgehead atoms. The highest BCUT2D eigenvalue weighted by molar-refractivity contribution is 5.99. The zero-order chi connectivity index (χ0) is 14.2. The molecule has 2 rings (SSSR count). The summed E-state index contributed by atoms with van der Waals surface area (Å²) in [6.07, 6.45) is -3.93. The zero-order valence-corrected chi connectivity index (χ0v) is 10.8. The molecule has 0 aromatic heterocycles. The number of hydrogen-bond donors (Lipinski definition) is 0. The Morgan fingerprint density at radius 2 is 2.05 bits per heavy atom. The number of ether oxygens (including phenoxy) is 1. The minimum Gasteiger partial charge on any atom is -0.378 e. The molecular formula is C14H15F3O2. The maximum Gasteiger partial charge on any atom is 0.416 e. The summed E-state index contributed by atoms with van der Waals surface area (Å²) in [5, 5.41) is 0. The lowest BCUT2D eigenvalue weighted by Gasteiger charge is -2.15. The molecule has 5 heteroatoms. The molecule has 0 amide bonds. The maximum atomic E-state index is 12.6. The number of carbonyl (C=O) groups is 1. The van der Waals surface area contributed by atoms with Gasteiger partial charge in [0, 0.05) is 12.2 Å². The topological polar surface area (TPSA) is 26.3 Å². The molecule has 0 radical (unpaired) electrons. The first kappa shape index (κ1) is 14.1. The third kappa shape index (κ3) is 2.81. The average molecular weight is 272 g/mol. The lowest BCUT2D eigenvalue weighted by atomic mass is 9.89. The van der Waals surface area contributed by atoms with Crippen LogP contribution in [0.5, 0.6) is 0 Å². The third-order valence-electron chi connectivity index (χ3n) is 3.53. The van der Waals surface area contributed by atoms with Gasteiger partial charge in [0.2, 0.25) is 0 Å². The fourth-order valence-corrected chi connectivity index (χ4v) is 2.39. The predicted molar refractivity (Wildman–Crippen MR) is 64.0 cm³/mol. The summed E-state index contributed by atoms with van der Waals surface area (Å²) in [4.78, 5) is 12.3. The van der Waals surface area contributed by atoms with Crippen LogP contribution in [0.3, 0.4) is 0 Å². The Bertz CT molecular complexity index is 494. The summed E-state index contributed by atoms with van der Waals surface area (Å²) in [5.74, 6) is -0.383. The molecule has 1 heterocycles. The molecule has 2 unspecified atom stereocenters. The van der Waals surface area contributed by atoms with E-state index in [4.69, 9.17) is 4.74 Å². The second-order valence-corrected chi connectivity index (χ2v) is 4.86. The number of rotatable bonds is 2. The van der Waals surface area contributed by atoms with Crippen LogP contribution in [-0.4, -0.2) is 18.5 Å². The molecule has 1 aliphatic heterocycles. The van der Waals surface area contributed by atoms with Gasteiger partial charge in [-0.05, 0) is 38.0 Å². The molecular weight excluding hydrogens is 257 g/mol. The van der Waals surface area contributed by atoms with Gasteiger partial charge in [-0.1, -0.05) is 6.07 Å². The van der Waals surface area contributed by atoms with Crippen LogP contribution in [0.15, 0.2) is 18.2 Å². The van der Waals surface area contributed by atoms with Crippen LogP contribution in [0, 0.1) is 12.8 Å². The van der Waals surface area contributed by atoms with Gasteiger partial charge in [0.15, 0.2) is 5.78 Å². The van der Waals surface area contributed by atoms with Crippen molar-refractivity contribution in [2.45, 2.75) is 32.5 Å². The van der Waals surface area contributed by atoms with Crippen LogP contribution in [0.4, 0.5) is 13.2 Å². The van der Waals surface area contributed by atoms with Gasteiger partial charge in [-0.2, -0.15) is 13.2 Å². The fraction of sp³-hybridized carbons (Fsp3) is 0.500. The molecule has 1 fully saturated rings. The first-order valence-electron chi connectivity index (χ1n) is 6.14. The highest BCUT2D eigenvalue weighted by atomic mass is 19.4. The Kier molecular flexibility index (Phi) is 3.67. The lowest BCUT2D eigenvalue weighted by molar-refractivity contribution is -0.137. The van der Waals surface area contributed by atoms with E-state index < -0.39 is 11.7 Å². The molecule has 0 saturated carbocycles. The molecule has 1 aromatic rings. The van der Waals surface area contributed by atoms with Crippen LogP contribution in [0.2, 0.25) is 0 Å². The summed E-state index contributed by atoms with van der Waals surface area (Å²) in [5.41, 5.74) is -0.00783. The van der Waals surface area contributed by atoms with Gasteiger partial charge >= 0.3 is 6.18 Å². The van der Waals surface area contributed by atoms with E-state index in [-0.39, 0.29) is 17.8 Å². The number of aryl methyl sites for hydroxylation is 1. The second-order valence-electron chi connectivity index (χ2n) is 4.86. The standard InChI is InChI=1S/C14H15F3O2/c1-8-7-10(14(15,16)17)3-4-11(8)13(18)12-5-6-19-9(12)2/h3-4,7,9,12H,5-6H2,1-2H3. The number of carbonyl (C=O) groups excluding carboxylic acids is 1. The van der Waals surface area contributed by atoms with Crippen molar-refractivity contribution in [2.24, 2.45) is 5.92 Å². The molecule has 2 nitrogen and oxygen atoms in total. The molecule has 19 heavy (non-hydrogen) atoms. The van der Waals surface area contributed by atoms with Crippen molar-refractivity contribution in [3.63, 3.8) is 0 Å². The Morgan fingerprint density at radius 3 is 2.53 bits per heavy atom. The van der Waals surface area contributed by atoms with Gasteiger partial charge in [-0.15, -0.1) is 0 Å². The minimum absolute atomic E-state index is 0.128. The number of ketones is 1. The van der Waals surface area contributed by atoms with Gasteiger partial charge in [-0.25, -0.2) is 0 Å². The van der Waals surface area contributed by atoms with E-state index in [2.05, 4.69) is 0 Å². The summed E-state index contributed by atoms with van der Waals surface area (Å²) < 4.78 is 43.0. The highest BCUT2D eigenvalue weighted by Gasteiger charge is 2.34. The number of halogens is 3. The molecule has 104 valence electrons. The fourth-order valence-electron chi connectivity index (χ4n) is 2.39. The Morgan fingerprint density at radius 1 is 1.37 bits per heavy atom. The molecule has 1 aliphatic rings. The third-order valence-corrected chi connectivity index (χ3v) is 3.53. The van der Waals surface area contributed by atoms with Crippen LogP contribution in [-0.2, 0) is 10.9 Å². The summed E-state index contributed by atoms with van der Waals surface area (Å²) in [6, 6.07) is 3.25. The van der Waals surface area contributed by atoms with Crippen LogP contribution in [0.25, 0.3) is 0 Å². The SMILES string of the molecule is Cc1cc(C(F)(F)F)ccc1C(=O)C1CCOC1C. The number of hydrogen-bond acceptors (Lipinski definition) is 2. The summed E-state index contributed by atoms with van der Waals surface area (Å²) >= 11 is 0. The Labute approximate surface area is 109 Å². The summed E-state index contributed by atoms with van der Waals surface area (Å²) in [7, 11) is 0. The van der Waals surface area contributed by atoms with Crippen LogP contribution >= 0.6 is 0 Å². The quantitative estimate of drug-likeness (QED) is 0.769. The zero-order valence-electron chi connectivity index (χ0n) is 10.8. The van der Waals surface area contributed by atoms with E-state index >= 15 is 0 Å². The van der Waals surface area contributed by atoms with E-state index in [0.29, 0.717) is 24.2 Å². The van der Waals surface area contributed by atoms with Gasteiger partial charge < -0.3 is 4.74 Å². The van der Waals surface area contributed by atoms with Gasteiger partial charge in [0.1, 0.15) is 0 Å². The number of Topliss-reactive ketones (excluding diaryl/α,β-unsaturated/α-hetero) is 1. The first-order chi connectivity index (χ1) is 8.80. The van der Waals surface area contributed by atoms with Crippen molar-refractivity contribution >= 4 is 5.78 Å². The normalized spacial score (nSPS) is 23.6. The minimum atomic E-state index is -4.38. The van der Waals surface area contributed by atoms with Gasteiger partial charge in [-0.3, -0.25) is 4.79 Å². The van der Waals surface area contributed by atoms with Crippen molar-refractivity contribution in [3.05, 3.63) is 34.9 Å². The van der Waals surface area contributed by atoms with Gasteiger partial charge in [0.25, 0.3) is 0 Å². The van der Waals surface area contributed by atoms with Gasteiger partial charge in [0.05, 0.1) is 17.6 Å². The van der Waals surface area contributed by atoms with Crippen LogP contribution in [0.1, 0.15) is 34.8 Å².